The minimum Gasteiger partial charge on any atom is -0.466 e. The minimum absolute atomic E-state index is 0.0137. The first-order valence-electron chi connectivity index (χ1n) is 7.09. The zero-order valence-electron chi connectivity index (χ0n) is 12.8. The molecule has 1 saturated heterocycles. The number of rotatable bonds is 8. The molecule has 1 rings (SSSR count). The van der Waals surface area contributed by atoms with E-state index in [-0.39, 0.29) is 23.0 Å². The lowest BCUT2D eigenvalue weighted by molar-refractivity contribution is -0.143. The predicted octanol–water partition coefficient (Wildman–Crippen LogP) is 2.14. The monoisotopic (exact) mass is 304 g/mol. The average molecular weight is 304 g/mol. The van der Waals surface area contributed by atoms with Crippen LogP contribution in [0.4, 0.5) is 0 Å². The van der Waals surface area contributed by atoms with Crippen LogP contribution in [0.2, 0.25) is 0 Å². The molecule has 1 fully saturated rings. The van der Waals surface area contributed by atoms with Gasteiger partial charge in [0.05, 0.1) is 19.6 Å². The Morgan fingerprint density at radius 2 is 1.95 bits per heavy atom. The molecule has 0 amide bonds. The van der Waals surface area contributed by atoms with E-state index in [0.29, 0.717) is 39.5 Å². The molecule has 0 aliphatic carbocycles. The second kappa shape index (κ2) is 8.92. The van der Waals surface area contributed by atoms with Crippen LogP contribution in [0.3, 0.4) is 0 Å². The fraction of sp³-hybridized carbons (Fsp3) is 0.923. The summed E-state index contributed by atoms with van der Waals surface area (Å²) in [5.74, 6) is -0.208. The first-order valence-corrected chi connectivity index (χ1v) is 8.03. The van der Waals surface area contributed by atoms with Crippen molar-refractivity contribution >= 4 is 24.0 Å². The van der Waals surface area contributed by atoms with Gasteiger partial charge in [-0.1, -0.05) is 13.8 Å². The Morgan fingerprint density at radius 1 is 1.30 bits per heavy atom. The maximum Gasteiger partial charge on any atom is 0.531 e. The molecule has 1 aliphatic heterocycles. The third kappa shape index (κ3) is 6.97. The lowest BCUT2D eigenvalue weighted by Crippen LogP contribution is -2.40. The fourth-order valence-corrected chi connectivity index (χ4v) is 2.73. The number of hydrogen-bond acceptors (Lipinski definition) is 6. The van der Waals surface area contributed by atoms with E-state index < -0.39 is 0 Å². The molecule has 0 aromatic heterocycles. The Balaban J connectivity index is 2.41. The summed E-state index contributed by atoms with van der Waals surface area (Å²) in [4.78, 5) is 11.6. The molecule has 1 heterocycles. The number of hydrogen-bond donors (Lipinski definition) is 0. The summed E-state index contributed by atoms with van der Waals surface area (Å²) < 4.78 is 21.8. The third-order valence-corrected chi connectivity index (χ3v) is 3.91. The van der Waals surface area contributed by atoms with Crippen molar-refractivity contribution in [2.75, 3.05) is 33.0 Å². The molecule has 1 aliphatic rings. The van der Waals surface area contributed by atoms with Crippen LogP contribution in [0.1, 0.15) is 34.1 Å². The van der Waals surface area contributed by atoms with E-state index in [1.807, 2.05) is 6.92 Å². The van der Waals surface area contributed by atoms with Gasteiger partial charge in [-0.15, -0.1) is 11.6 Å². The summed E-state index contributed by atoms with van der Waals surface area (Å²) in [7, 11) is 0. The molecular formula is C13H25BO5S. The van der Waals surface area contributed by atoms with E-state index >= 15 is 0 Å². The molecular weight excluding hydrogens is 279 g/mol. The summed E-state index contributed by atoms with van der Waals surface area (Å²) >= 11 is 1.49. The third-order valence-electron chi connectivity index (χ3n) is 2.73. The van der Waals surface area contributed by atoms with E-state index in [1.54, 1.807) is 6.92 Å². The molecule has 0 aromatic carbocycles. The number of carbonyl (C=O) groups is 1. The van der Waals surface area contributed by atoms with Crippen LogP contribution in [0, 0.1) is 5.41 Å². The van der Waals surface area contributed by atoms with E-state index in [2.05, 4.69) is 13.8 Å². The number of ether oxygens (including phenoxy) is 2. The molecule has 0 N–H and O–H groups in total. The highest BCUT2D eigenvalue weighted by Gasteiger charge is 2.35. The van der Waals surface area contributed by atoms with Gasteiger partial charge in [-0.25, -0.2) is 0 Å². The number of esters is 1. The summed E-state index contributed by atoms with van der Waals surface area (Å²) in [5.41, 5.74) is 0.0492. The molecule has 20 heavy (non-hydrogen) atoms. The Morgan fingerprint density at radius 3 is 2.50 bits per heavy atom. The second-order valence-corrected chi connectivity index (χ2v) is 6.83. The van der Waals surface area contributed by atoms with Gasteiger partial charge in [0, 0.05) is 30.5 Å². The lowest BCUT2D eigenvalue weighted by atomic mass is 9.94. The van der Waals surface area contributed by atoms with Crippen molar-refractivity contribution in [3.63, 3.8) is 0 Å². The Hall–Kier alpha value is -0.235. The molecule has 1 unspecified atom stereocenters. The van der Waals surface area contributed by atoms with Gasteiger partial charge in [-0.3, -0.25) is 4.79 Å². The van der Waals surface area contributed by atoms with Gasteiger partial charge in [0.15, 0.2) is 0 Å². The van der Waals surface area contributed by atoms with Crippen LogP contribution in [0.5, 0.6) is 0 Å². The SMILES string of the molecule is CCOCC(CC(=O)OCC)SB1OCC(C)(C)CO1. The molecule has 5 nitrogen and oxygen atoms in total. The summed E-state index contributed by atoms with van der Waals surface area (Å²) in [5, 5.41) is -0.0137. The summed E-state index contributed by atoms with van der Waals surface area (Å²) in [6, 6.07) is 0. The maximum absolute atomic E-state index is 11.6. The molecule has 0 spiro atoms. The maximum atomic E-state index is 11.6. The molecule has 0 aromatic rings. The summed E-state index contributed by atoms with van der Waals surface area (Å²) in [6.45, 7) is 10.8. The van der Waals surface area contributed by atoms with Gasteiger partial charge in [-0.2, -0.15) is 0 Å². The minimum atomic E-state index is -0.331. The lowest BCUT2D eigenvalue weighted by Gasteiger charge is -2.33. The average Bonchev–Trinajstić information content (AvgIpc) is 2.38. The van der Waals surface area contributed by atoms with Crippen LogP contribution in [-0.2, 0) is 23.6 Å². The highest BCUT2D eigenvalue weighted by atomic mass is 32.2. The van der Waals surface area contributed by atoms with E-state index in [1.165, 1.54) is 11.6 Å². The zero-order valence-corrected chi connectivity index (χ0v) is 13.7. The Kier molecular flexibility index (Phi) is 7.95. The van der Waals surface area contributed by atoms with Crippen LogP contribution in [0.25, 0.3) is 0 Å². The van der Waals surface area contributed by atoms with E-state index in [0.717, 1.165) is 0 Å². The van der Waals surface area contributed by atoms with Crippen LogP contribution in [0.15, 0.2) is 0 Å². The largest absolute Gasteiger partial charge is 0.531 e. The number of carbonyl (C=O) groups excluding carboxylic acids is 1. The molecule has 116 valence electrons. The predicted molar refractivity (Wildman–Crippen MR) is 80.6 cm³/mol. The Labute approximate surface area is 126 Å². The Bertz CT molecular complexity index is 290. The van der Waals surface area contributed by atoms with Gasteiger partial charge in [0.1, 0.15) is 0 Å². The molecule has 0 saturated carbocycles. The van der Waals surface area contributed by atoms with Gasteiger partial charge >= 0.3 is 12.4 Å². The first-order chi connectivity index (χ1) is 9.46. The van der Waals surface area contributed by atoms with E-state index in [9.17, 15) is 4.79 Å². The molecule has 0 radical (unpaired) electrons. The van der Waals surface area contributed by atoms with Crippen LogP contribution >= 0.6 is 11.6 Å². The van der Waals surface area contributed by atoms with Crippen molar-refractivity contribution in [3.05, 3.63) is 0 Å². The topological polar surface area (TPSA) is 54.0 Å². The normalized spacial score (nSPS) is 19.7. The molecule has 1 atom stereocenters. The highest BCUT2D eigenvalue weighted by molar-refractivity contribution is 8.24. The zero-order chi connectivity index (χ0) is 15.0. The quantitative estimate of drug-likeness (QED) is 0.506. The van der Waals surface area contributed by atoms with Crippen molar-refractivity contribution in [1.29, 1.82) is 0 Å². The standard InChI is InChI=1S/C13H25BO5S/c1-5-16-8-11(7-12(15)17-6-2)20-14-18-9-13(3,4)10-19-14/h11H,5-10H2,1-4H3. The smallest absolute Gasteiger partial charge is 0.466 e. The highest BCUT2D eigenvalue weighted by Crippen LogP contribution is 2.28. The van der Waals surface area contributed by atoms with E-state index in [4.69, 9.17) is 18.8 Å². The molecule has 0 bridgehead atoms. The summed E-state index contributed by atoms with van der Waals surface area (Å²) in [6.07, 6.45) is -0.0200. The molecule has 7 heteroatoms. The fourth-order valence-electron chi connectivity index (χ4n) is 1.71. The van der Waals surface area contributed by atoms with Crippen molar-refractivity contribution in [2.45, 2.75) is 39.4 Å². The van der Waals surface area contributed by atoms with Crippen LogP contribution in [-0.4, -0.2) is 50.7 Å². The van der Waals surface area contributed by atoms with Gasteiger partial charge in [-0.05, 0) is 13.8 Å². The first kappa shape index (κ1) is 17.8. The van der Waals surface area contributed by atoms with Gasteiger partial charge in [0.25, 0.3) is 0 Å². The van der Waals surface area contributed by atoms with Crippen LogP contribution < -0.4 is 0 Å². The van der Waals surface area contributed by atoms with Crippen molar-refractivity contribution in [1.82, 2.24) is 0 Å². The van der Waals surface area contributed by atoms with Gasteiger partial charge < -0.3 is 18.8 Å². The van der Waals surface area contributed by atoms with Crippen molar-refractivity contribution in [2.24, 2.45) is 5.41 Å². The second-order valence-electron chi connectivity index (χ2n) is 5.50. The van der Waals surface area contributed by atoms with Crippen molar-refractivity contribution in [3.8, 4) is 0 Å². The van der Waals surface area contributed by atoms with Gasteiger partial charge in [0.2, 0.25) is 0 Å². The van der Waals surface area contributed by atoms with Crippen molar-refractivity contribution < 1.29 is 23.6 Å².